The number of nitrogens with zero attached hydrogens (tertiary/aromatic N) is 4. The smallest absolute Gasteiger partial charge is 0.359 e. The number of aryl methyl sites for hydroxylation is 1. The molecule has 0 amide bonds. The maximum absolute atomic E-state index is 11.7. The predicted molar refractivity (Wildman–Crippen MR) is 69.9 cm³/mol. The molecule has 0 N–H and O–H groups in total. The number of ether oxygens (including phenoxy) is 1. The standard InChI is InChI=1S/C11H10Cl2N4O2/c1-3-19-10(18)9-6(2)5-17(16-9)11-14-7(12)4-8(13)15-11/h4-5H,3H2,1-2H3. The zero-order valence-electron chi connectivity index (χ0n) is 10.2. The maximum Gasteiger partial charge on any atom is 0.359 e. The van der Waals surface area contributed by atoms with Crippen molar-refractivity contribution < 1.29 is 9.53 Å². The Hall–Kier alpha value is -1.66. The van der Waals surface area contributed by atoms with Gasteiger partial charge in [-0.05, 0) is 13.8 Å². The summed E-state index contributed by atoms with van der Waals surface area (Å²) < 4.78 is 6.23. The second kappa shape index (κ2) is 5.54. The lowest BCUT2D eigenvalue weighted by molar-refractivity contribution is 0.0518. The van der Waals surface area contributed by atoms with E-state index in [-0.39, 0.29) is 28.6 Å². The van der Waals surface area contributed by atoms with E-state index in [9.17, 15) is 4.79 Å². The zero-order chi connectivity index (χ0) is 14.0. The van der Waals surface area contributed by atoms with Gasteiger partial charge >= 0.3 is 5.97 Å². The van der Waals surface area contributed by atoms with Crippen LogP contribution in [0.15, 0.2) is 12.3 Å². The Kier molecular flexibility index (Phi) is 4.01. The molecule has 2 aromatic heterocycles. The lowest BCUT2D eigenvalue weighted by Crippen LogP contribution is -2.08. The quantitative estimate of drug-likeness (QED) is 0.643. The summed E-state index contributed by atoms with van der Waals surface area (Å²) in [7, 11) is 0. The van der Waals surface area contributed by atoms with Crippen molar-refractivity contribution in [3.8, 4) is 5.95 Å². The van der Waals surface area contributed by atoms with Crippen LogP contribution >= 0.6 is 23.2 Å². The van der Waals surface area contributed by atoms with E-state index in [0.29, 0.717) is 5.56 Å². The van der Waals surface area contributed by atoms with Crippen molar-refractivity contribution in [2.45, 2.75) is 13.8 Å². The van der Waals surface area contributed by atoms with Crippen LogP contribution in [0, 0.1) is 6.92 Å². The molecule has 0 spiro atoms. The van der Waals surface area contributed by atoms with Crippen LogP contribution in [0.5, 0.6) is 0 Å². The van der Waals surface area contributed by atoms with E-state index in [1.807, 2.05) is 0 Å². The highest BCUT2D eigenvalue weighted by molar-refractivity contribution is 6.33. The molecule has 0 aromatic carbocycles. The molecule has 0 aliphatic heterocycles. The highest BCUT2D eigenvalue weighted by Gasteiger charge is 2.17. The molecule has 2 rings (SSSR count). The van der Waals surface area contributed by atoms with Crippen molar-refractivity contribution in [1.82, 2.24) is 19.7 Å². The Balaban J connectivity index is 2.41. The summed E-state index contributed by atoms with van der Waals surface area (Å²) in [5.41, 5.74) is 0.861. The molecule has 100 valence electrons. The Labute approximate surface area is 119 Å². The molecule has 0 radical (unpaired) electrons. The summed E-state index contributed by atoms with van der Waals surface area (Å²) in [5.74, 6) is -0.303. The molecule has 6 nitrogen and oxygen atoms in total. The molecular formula is C11H10Cl2N4O2. The molecule has 0 unspecified atom stereocenters. The van der Waals surface area contributed by atoms with Crippen LogP contribution in [0.4, 0.5) is 0 Å². The molecule has 0 saturated carbocycles. The summed E-state index contributed by atoms with van der Waals surface area (Å²) in [6, 6.07) is 1.41. The predicted octanol–water partition coefficient (Wildman–Crippen LogP) is 2.45. The average molecular weight is 301 g/mol. The third-order valence-electron chi connectivity index (χ3n) is 2.22. The first-order valence-corrected chi connectivity index (χ1v) is 6.20. The highest BCUT2D eigenvalue weighted by atomic mass is 35.5. The Bertz CT molecular complexity index is 607. The minimum absolute atomic E-state index is 0.191. The number of carbonyl (C=O) groups excluding carboxylic acids is 1. The van der Waals surface area contributed by atoms with Gasteiger partial charge in [-0.15, -0.1) is 0 Å². The second-order valence-corrected chi connectivity index (χ2v) is 4.41. The van der Waals surface area contributed by atoms with Crippen molar-refractivity contribution in [2.75, 3.05) is 6.61 Å². The summed E-state index contributed by atoms with van der Waals surface area (Å²) in [4.78, 5) is 19.6. The first-order valence-electron chi connectivity index (χ1n) is 5.45. The number of halogens is 2. The number of carbonyl (C=O) groups is 1. The van der Waals surface area contributed by atoms with Gasteiger partial charge in [0.2, 0.25) is 0 Å². The Morgan fingerprint density at radius 3 is 2.58 bits per heavy atom. The summed E-state index contributed by atoms with van der Waals surface area (Å²) in [6.07, 6.45) is 1.61. The molecule has 0 fully saturated rings. The number of hydrogen-bond donors (Lipinski definition) is 0. The van der Waals surface area contributed by atoms with Crippen LogP contribution in [0.25, 0.3) is 5.95 Å². The van der Waals surface area contributed by atoms with E-state index in [4.69, 9.17) is 27.9 Å². The topological polar surface area (TPSA) is 69.9 Å². The third-order valence-corrected chi connectivity index (χ3v) is 2.61. The van der Waals surface area contributed by atoms with Gasteiger partial charge in [0.1, 0.15) is 10.3 Å². The first-order chi connectivity index (χ1) is 9.01. The van der Waals surface area contributed by atoms with Crippen molar-refractivity contribution >= 4 is 29.2 Å². The minimum Gasteiger partial charge on any atom is -0.461 e. The van der Waals surface area contributed by atoms with Crippen molar-refractivity contribution in [3.63, 3.8) is 0 Å². The molecule has 19 heavy (non-hydrogen) atoms. The van der Waals surface area contributed by atoms with Gasteiger partial charge < -0.3 is 4.74 Å². The molecular weight excluding hydrogens is 291 g/mol. The SMILES string of the molecule is CCOC(=O)c1nn(-c2nc(Cl)cc(Cl)n2)cc1C. The van der Waals surface area contributed by atoms with Crippen LogP contribution in [-0.2, 0) is 4.74 Å². The summed E-state index contributed by atoms with van der Waals surface area (Å²) in [5, 5.41) is 4.47. The van der Waals surface area contributed by atoms with Gasteiger partial charge in [-0.1, -0.05) is 23.2 Å². The van der Waals surface area contributed by atoms with Gasteiger partial charge in [-0.2, -0.15) is 15.1 Å². The van der Waals surface area contributed by atoms with Gasteiger partial charge in [-0.3, -0.25) is 0 Å². The first kappa shape index (κ1) is 13.8. The second-order valence-electron chi connectivity index (χ2n) is 3.64. The molecule has 0 saturated heterocycles. The fourth-order valence-corrected chi connectivity index (χ4v) is 1.86. The maximum atomic E-state index is 11.7. The van der Waals surface area contributed by atoms with Gasteiger partial charge in [0, 0.05) is 17.8 Å². The molecule has 0 atom stereocenters. The fraction of sp³-hybridized carbons (Fsp3) is 0.273. The summed E-state index contributed by atoms with van der Waals surface area (Å²) >= 11 is 11.6. The lowest BCUT2D eigenvalue weighted by Gasteiger charge is -2.00. The van der Waals surface area contributed by atoms with E-state index < -0.39 is 5.97 Å². The van der Waals surface area contributed by atoms with Gasteiger partial charge in [0.25, 0.3) is 5.95 Å². The van der Waals surface area contributed by atoms with E-state index in [1.54, 1.807) is 20.0 Å². The normalized spacial score (nSPS) is 10.5. The van der Waals surface area contributed by atoms with Gasteiger partial charge in [0.15, 0.2) is 5.69 Å². The third kappa shape index (κ3) is 3.02. The molecule has 0 aliphatic carbocycles. The molecule has 8 heteroatoms. The lowest BCUT2D eigenvalue weighted by atomic mass is 10.3. The highest BCUT2D eigenvalue weighted by Crippen LogP contribution is 2.15. The number of hydrogen-bond acceptors (Lipinski definition) is 5. The molecule has 0 aliphatic rings. The molecule has 2 aromatic rings. The van der Waals surface area contributed by atoms with E-state index in [2.05, 4.69) is 15.1 Å². The largest absolute Gasteiger partial charge is 0.461 e. The van der Waals surface area contributed by atoms with Crippen LogP contribution in [-0.4, -0.2) is 32.3 Å². The van der Waals surface area contributed by atoms with Crippen molar-refractivity contribution in [1.29, 1.82) is 0 Å². The molecule has 2 heterocycles. The summed E-state index contributed by atoms with van der Waals surface area (Å²) in [6.45, 7) is 3.75. The van der Waals surface area contributed by atoms with E-state index in [1.165, 1.54) is 10.7 Å². The van der Waals surface area contributed by atoms with Crippen LogP contribution < -0.4 is 0 Å². The minimum atomic E-state index is -0.494. The fourth-order valence-electron chi connectivity index (χ4n) is 1.45. The van der Waals surface area contributed by atoms with E-state index >= 15 is 0 Å². The van der Waals surface area contributed by atoms with Gasteiger partial charge in [0.05, 0.1) is 6.61 Å². The average Bonchev–Trinajstić information content (AvgIpc) is 2.70. The Morgan fingerprint density at radius 1 is 1.37 bits per heavy atom. The molecule has 0 bridgehead atoms. The zero-order valence-corrected chi connectivity index (χ0v) is 11.7. The number of rotatable bonds is 3. The Morgan fingerprint density at radius 2 is 2.00 bits per heavy atom. The number of aromatic nitrogens is 4. The monoisotopic (exact) mass is 300 g/mol. The van der Waals surface area contributed by atoms with Crippen LogP contribution in [0.3, 0.4) is 0 Å². The number of esters is 1. The van der Waals surface area contributed by atoms with E-state index in [0.717, 1.165) is 0 Å². The van der Waals surface area contributed by atoms with Crippen molar-refractivity contribution in [2.24, 2.45) is 0 Å². The van der Waals surface area contributed by atoms with Crippen LogP contribution in [0.2, 0.25) is 10.3 Å². The van der Waals surface area contributed by atoms with Gasteiger partial charge in [-0.25, -0.2) is 9.48 Å². The van der Waals surface area contributed by atoms with Crippen LogP contribution in [0.1, 0.15) is 23.0 Å². The van der Waals surface area contributed by atoms with Crippen molar-refractivity contribution in [3.05, 3.63) is 33.8 Å².